The maximum atomic E-state index is 10.1. The summed E-state index contributed by atoms with van der Waals surface area (Å²) < 4.78 is 0. The average molecular weight is 115 g/mol. The first-order valence-electron chi connectivity index (χ1n) is 2.74. The molecular weight excluding hydrogens is 106 g/mol. The first-order chi connectivity index (χ1) is 3.75. The van der Waals surface area contributed by atoms with E-state index in [1.807, 2.05) is 6.92 Å². The van der Waals surface area contributed by atoms with Crippen LogP contribution in [0.15, 0.2) is 0 Å². The fraction of sp³-hybridized carbons (Fsp3) is 0.800. The summed E-state index contributed by atoms with van der Waals surface area (Å²) in [4.78, 5) is 10.1. The summed E-state index contributed by atoms with van der Waals surface area (Å²) in [6.07, 6.45) is 0.914. The van der Waals surface area contributed by atoms with Crippen molar-refractivity contribution in [2.45, 2.75) is 25.4 Å². The summed E-state index contributed by atoms with van der Waals surface area (Å²) in [5.74, 6) is -0.725. The second-order valence-corrected chi connectivity index (χ2v) is 2.00. The lowest BCUT2D eigenvalue weighted by molar-refractivity contribution is -0.136. The largest absolute Gasteiger partial charge is 0.480 e. The van der Waals surface area contributed by atoms with Crippen molar-refractivity contribution in [3.8, 4) is 0 Å². The van der Waals surface area contributed by atoms with Crippen LogP contribution < -0.4 is 5.32 Å². The molecule has 46 valence electrons. The summed E-state index contributed by atoms with van der Waals surface area (Å²) in [5, 5.41) is 11.1. The second kappa shape index (κ2) is 1.74. The molecule has 2 atom stereocenters. The van der Waals surface area contributed by atoms with Crippen molar-refractivity contribution in [2.24, 2.45) is 0 Å². The van der Waals surface area contributed by atoms with Crippen molar-refractivity contribution in [2.75, 3.05) is 0 Å². The highest BCUT2D eigenvalue weighted by molar-refractivity contribution is 5.78. The zero-order valence-electron chi connectivity index (χ0n) is 4.72. The highest BCUT2D eigenvalue weighted by Gasteiger charge is 2.40. The summed E-state index contributed by atoms with van der Waals surface area (Å²) in [6, 6.07) is -0.00694. The van der Waals surface area contributed by atoms with E-state index in [1.54, 1.807) is 0 Å². The highest BCUT2D eigenvalue weighted by atomic mass is 16.4. The van der Waals surface area contributed by atoms with Crippen LogP contribution in [-0.4, -0.2) is 23.2 Å². The van der Waals surface area contributed by atoms with Gasteiger partial charge in [0.05, 0.1) is 0 Å². The Balaban J connectivity index is 2.26. The van der Waals surface area contributed by atoms with Crippen LogP contribution >= 0.6 is 0 Å². The summed E-state index contributed by atoms with van der Waals surface area (Å²) in [7, 11) is 0. The molecule has 2 unspecified atom stereocenters. The zero-order chi connectivity index (χ0) is 6.15. The summed E-state index contributed by atoms with van der Waals surface area (Å²) in [5.41, 5.74) is 0. The number of rotatable bonds is 2. The molecular formula is C5H9NO2. The predicted octanol–water partition coefficient (Wildman–Crippen LogP) is -0.179. The SMILES string of the molecule is CCC1NC1C(=O)O. The fourth-order valence-electron chi connectivity index (χ4n) is 0.772. The van der Waals surface area contributed by atoms with Gasteiger partial charge in [0, 0.05) is 6.04 Å². The van der Waals surface area contributed by atoms with Gasteiger partial charge >= 0.3 is 5.97 Å². The van der Waals surface area contributed by atoms with Gasteiger partial charge in [-0.25, -0.2) is 0 Å². The van der Waals surface area contributed by atoms with Crippen LogP contribution in [0.3, 0.4) is 0 Å². The lowest BCUT2D eigenvalue weighted by Crippen LogP contribution is -2.08. The molecule has 3 nitrogen and oxygen atoms in total. The first kappa shape index (κ1) is 5.56. The van der Waals surface area contributed by atoms with Crippen molar-refractivity contribution < 1.29 is 9.90 Å². The molecule has 0 saturated carbocycles. The normalized spacial score (nSPS) is 34.6. The van der Waals surface area contributed by atoms with E-state index in [1.165, 1.54) is 0 Å². The third kappa shape index (κ3) is 0.816. The minimum Gasteiger partial charge on any atom is -0.480 e. The van der Waals surface area contributed by atoms with Crippen LogP contribution in [0.4, 0.5) is 0 Å². The van der Waals surface area contributed by atoms with Crippen molar-refractivity contribution >= 4 is 5.97 Å². The van der Waals surface area contributed by atoms with Crippen molar-refractivity contribution in [3.05, 3.63) is 0 Å². The molecule has 8 heavy (non-hydrogen) atoms. The third-order valence-electron chi connectivity index (χ3n) is 1.39. The number of carboxylic acid groups (broad SMARTS) is 1. The Morgan fingerprint density at radius 1 is 1.88 bits per heavy atom. The number of carbonyl (C=O) groups is 1. The van der Waals surface area contributed by atoms with Crippen molar-refractivity contribution in [1.29, 1.82) is 0 Å². The Kier molecular flexibility index (Phi) is 1.21. The summed E-state index contributed by atoms with van der Waals surface area (Å²) >= 11 is 0. The smallest absolute Gasteiger partial charge is 0.322 e. The first-order valence-corrected chi connectivity index (χ1v) is 2.74. The minimum absolute atomic E-state index is 0.243. The van der Waals surface area contributed by atoms with E-state index in [2.05, 4.69) is 5.32 Å². The number of carboxylic acids is 1. The molecule has 0 aromatic carbocycles. The van der Waals surface area contributed by atoms with Crippen LogP contribution in [0.5, 0.6) is 0 Å². The van der Waals surface area contributed by atoms with E-state index < -0.39 is 5.97 Å². The Morgan fingerprint density at radius 3 is 2.62 bits per heavy atom. The molecule has 1 aliphatic heterocycles. The Bertz CT molecular complexity index is 113. The van der Waals surface area contributed by atoms with Gasteiger partial charge in [0.1, 0.15) is 6.04 Å². The van der Waals surface area contributed by atoms with Crippen molar-refractivity contribution in [3.63, 3.8) is 0 Å². The molecule has 0 radical (unpaired) electrons. The Labute approximate surface area is 47.7 Å². The molecule has 1 heterocycles. The molecule has 0 aliphatic carbocycles. The lowest BCUT2D eigenvalue weighted by atomic mass is 10.3. The third-order valence-corrected chi connectivity index (χ3v) is 1.39. The molecule has 0 bridgehead atoms. The zero-order valence-corrected chi connectivity index (χ0v) is 4.72. The van der Waals surface area contributed by atoms with E-state index in [9.17, 15) is 4.79 Å². The minimum atomic E-state index is -0.725. The molecule has 0 spiro atoms. The van der Waals surface area contributed by atoms with Crippen LogP contribution in [-0.2, 0) is 4.79 Å². The lowest BCUT2D eigenvalue weighted by Gasteiger charge is -1.81. The van der Waals surface area contributed by atoms with Crippen LogP contribution in [0, 0.1) is 0 Å². The van der Waals surface area contributed by atoms with Gasteiger partial charge in [0.25, 0.3) is 0 Å². The number of nitrogens with one attached hydrogen (secondary N) is 1. The quantitative estimate of drug-likeness (QED) is 0.491. The van der Waals surface area contributed by atoms with Gasteiger partial charge in [0.15, 0.2) is 0 Å². The number of hydrogen-bond donors (Lipinski definition) is 2. The molecule has 1 saturated heterocycles. The van der Waals surface area contributed by atoms with Crippen LogP contribution in [0.1, 0.15) is 13.3 Å². The highest BCUT2D eigenvalue weighted by Crippen LogP contribution is 2.13. The second-order valence-electron chi connectivity index (χ2n) is 2.00. The standard InChI is InChI=1S/C5H9NO2/c1-2-3-4(6-3)5(7)8/h3-4,6H,2H2,1H3,(H,7,8). The summed E-state index contributed by atoms with van der Waals surface area (Å²) in [6.45, 7) is 1.97. The maximum Gasteiger partial charge on any atom is 0.322 e. The van der Waals surface area contributed by atoms with E-state index in [0.717, 1.165) is 6.42 Å². The van der Waals surface area contributed by atoms with Gasteiger partial charge in [-0.15, -0.1) is 0 Å². The molecule has 0 amide bonds. The molecule has 3 heteroatoms. The van der Waals surface area contributed by atoms with Gasteiger partial charge < -0.3 is 5.11 Å². The van der Waals surface area contributed by atoms with Gasteiger partial charge in [-0.3, -0.25) is 10.1 Å². The monoisotopic (exact) mass is 115 g/mol. The van der Waals surface area contributed by atoms with Gasteiger partial charge in [-0.1, -0.05) is 6.92 Å². The van der Waals surface area contributed by atoms with Gasteiger partial charge in [-0.05, 0) is 6.42 Å². The van der Waals surface area contributed by atoms with Crippen LogP contribution in [0.25, 0.3) is 0 Å². The van der Waals surface area contributed by atoms with E-state index in [4.69, 9.17) is 5.11 Å². The molecule has 0 aromatic rings. The van der Waals surface area contributed by atoms with Crippen LogP contribution in [0.2, 0.25) is 0 Å². The fourth-order valence-corrected chi connectivity index (χ4v) is 0.772. The van der Waals surface area contributed by atoms with Gasteiger partial charge in [0.2, 0.25) is 0 Å². The molecule has 1 rings (SSSR count). The number of aliphatic carboxylic acids is 1. The molecule has 0 aromatic heterocycles. The topological polar surface area (TPSA) is 59.2 Å². The Morgan fingerprint density at radius 2 is 2.50 bits per heavy atom. The Hall–Kier alpha value is -0.570. The molecule has 1 fully saturated rings. The van der Waals surface area contributed by atoms with E-state index in [0.29, 0.717) is 0 Å². The maximum absolute atomic E-state index is 10.1. The predicted molar refractivity (Wildman–Crippen MR) is 28.6 cm³/mol. The van der Waals surface area contributed by atoms with E-state index in [-0.39, 0.29) is 12.1 Å². The molecule has 1 aliphatic rings. The van der Waals surface area contributed by atoms with Gasteiger partial charge in [-0.2, -0.15) is 0 Å². The average Bonchev–Trinajstić information content (AvgIpc) is 2.42. The number of hydrogen-bond acceptors (Lipinski definition) is 2. The van der Waals surface area contributed by atoms with E-state index >= 15 is 0 Å². The molecule has 2 N–H and O–H groups in total. The van der Waals surface area contributed by atoms with Crippen molar-refractivity contribution in [1.82, 2.24) is 5.32 Å².